The number of hydrogen-bond acceptors (Lipinski definition) is 7. The lowest BCUT2D eigenvalue weighted by Gasteiger charge is -2.43. The van der Waals surface area contributed by atoms with Crippen molar-refractivity contribution in [2.24, 2.45) is 0 Å². The summed E-state index contributed by atoms with van der Waals surface area (Å²) in [6, 6.07) is 8.70. The van der Waals surface area contributed by atoms with Crippen molar-refractivity contribution in [3.63, 3.8) is 0 Å². The van der Waals surface area contributed by atoms with Crippen molar-refractivity contribution in [3.8, 4) is 17.1 Å². The van der Waals surface area contributed by atoms with Gasteiger partial charge >= 0.3 is 8.03 Å². The number of rotatable bonds is 15. The fourth-order valence-corrected chi connectivity index (χ4v) is 5.83. The fraction of sp³-hybridized carbons (Fsp3) is 0.533. The molecule has 1 saturated heterocycles. The number of likely N-dealkylation sites (tertiary alicyclic amines) is 1. The van der Waals surface area contributed by atoms with Crippen LogP contribution in [0.2, 0.25) is 0 Å². The Bertz CT molecular complexity index is 1200. The Morgan fingerprint density at radius 2 is 2.00 bits per heavy atom. The largest absolute Gasteiger partial charge is 0.505 e. The minimum Gasteiger partial charge on any atom is -0.478 e. The molecular weight excluding hydrogens is 532 g/mol. The van der Waals surface area contributed by atoms with Gasteiger partial charge in [0.25, 0.3) is 6.47 Å². The standard InChI is InChI=1S/C30H39FN3O5P/c1-4-38-29-25(18-27(23-7-8-23)28(32-29)24-9-11-26(31)12-10-24)19-34-15-13-30(14-16-34,39-21-35)20-33(3)22(2)6-5-17-40(36)37/h9-12,18,21,23H,2,4-8,13-17,19-20H2,1,3H3/p+1. The third kappa shape index (κ3) is 7.87. The second-order valence-electron chi connectivity index (χ2n) is 10.9. The predicted octanol–water partition coefficient (Wildman–Crippen LogP) is 5.63. The summed E-state index contributed by atoms with van der Waals surface area (Å²) < 4.78 is 36.2. The van der Waals surface area contributed by atoms with Gasteiger partial charge in [-0.2, -0.15) is 4.89 Å². The first-order valence-electron chi connectivity index (χ1n) is 14.0. The molecule has 2 aromatic rings. The van der Waals surface area contributed by atoms with Crippen LogP contribution in [0.3, 0.4) is 0 Å². The van der Waals surface area contributed by atoms with E-state index in [4.69, 9.17) is 19.4 Å². The SMILES string of the molecule is C=C(CCC[P+](=O)O)N(C)CC1(OC=O)CCN(Cc2cc(C3CC3)c(-c3ccc(F)cc3)nc2OCC)CC1. The van der Waals surface area contributed by atoms with Gasteiger partial charge in [0.1, 0.15) is 11.4 Å². The highest BCUT2D eigenvalue weighted by atomic mass is 31.1. The summed E-state index contributed by atoms with van der Waals surface area (Å²) >= 11 is 0. The van der Waals surface area contributed by atoms with Gasteiger partial charge in [0.2, 0.25) is 5.88 Å². The number of likely N-dealkylation sites (N-methyl/N-ethyl adjacent to an activating group) is 1. The Morgan fingerprint density at radius 3 is 2.60 bits per heavy atom. The summed E-state index contributed by atoms with van der Waals surface area (Å²) in [4.78, 5) is 29.8. The van der Waals surface area contributed by atoms with Crippen LogP contribution < -0.4 is 4.74 Å². The summed E-state index contributed by atoms with van der Waals surface area (Å²) in [5.41, 5.74) is 4.21. The lowest BCUT2D eigenvalue weighted by atomic mass is 9.89. The molecule has 10 heteroatoms. The normalized spacial score (nSPS) is 17.2. The molecule has 4 rings (SSSR count). The summed E-state index contributed by atoms with van der Waals surface area (Å²) in [6.07, 6.45) is 5.04. The summed E-state index contributed by atoms with van der Waals surface area (Å²) in [6.45, 7) is 9.77. The number of aromatic nitrogens is 1. The molecule has 216 valence electrons. The van der Waals surface area contributed by atoms with Gasteiger partial charge in [-0.3, -0.25) is 9.69 Å². The Hall–Kier alpha value is -2.87. The Labute approximate surface area is 237 Å². The lowest BCUT2D eigenvalue weighted by molar-refractivity contribution is -0.150. The van der Waals surface area contributed by atoms with E-state index in [0.29, 0.717) is 63.6 Å². The quantitative estimate of drug-likeness (QED) is 0.217. The number of allylic oxidation sites excluding steroid dienone is 1. The topological polar surface area (TPSA) is 92.2 Å². The number of piperidine rings is 1. The van der Waals surface area contributed by atoms with E-state index in [1.807, 2.05) is 18.9 Å². The molecule has 1 N–H and O–H groups in total. The minimum absolute atomic E-state index is 0.249. The van der Waals surface area contributed by atoms with E-state index < -0.39 is 13.6 Å². The van der Waals surface area contributed by atoms with E-state index in [9.17, 15) is 13.8 Å². The minimum atomic E-state index is -2.14. The summed E-state index contributed by atoms with van der Waals surface area (Å²) in [7, 11) is -0.223. The Morgan fingerprint density at radius 1 is 1.30 bits per heavy atom. The highest BCUT2D eigenvalue weighted by molar-refractivity contribution is 7.37. The van der Waals surface area contributed by atoms with E-state index in [2.05, 4.69) is 17.5 Å². The number of nitrogens with zero attached hydrogens (tertiary/aromatic N) is 3. The molecule has 8 nitrogen and oxygen atoms in total. The van der Waals surface area contributed by atoms with Crippen molar-refractivity contribution in [1.82, 2.24) is 14.8 Å². The van der Waals surface area contributed by atoms with Crippen LogP contribution in [0.25, 0.3) is 11.3 Å². The molecule has 0 spiro atoms. The van der Waals surface area contributed by atoms with Gasteiger partial charge in [-0.15, -0.1) is 0 Å². The fourth-order valence-electron chi connectivity index (χ4n) is 5.40. The van der Waals surface area contributed by atoms with Crippen LogP contribution in [-0.2, 0) is 20.6 Å². The highest BCUT2D eigenvalue weighted by Crippen LogP contribution is 2.45. The van der Waals surface area contributed by atoms with Gasteiger partial charge in [-0.05, 0) is 79.0 Å². The van der Waals surface area contributed by atoms with Gasteiger partial charge in [-0.25, -0.2) is 9.37 Å². The first kappa shape index (κ1) is 30.1. The van der Waals surface area contributed by atoms with E-state index in [-0.39, 0.29) is 12.0 Å². The molecule has 0 radical (unpaired) electrons. The van der Waals surface area contributed by atoms with Crippen LogP contribution >= 0.6 is 8.03 Å². The zero-order valence-corrected chi connectivity index (χ0v) is 24.4. The summed E-state index contributed by atoms with van der Waals surface area (Å²) in [5.74, 6) is 0.792. The number of benzene rings is 1. The Balaban J connectivity index is 1.46. The van der Waals surface area contributed by atoms with Gasteiger partial charge in [-0.1, -0.05) is 6.58 Å². The van der Waals surface area contributed by atoms with Crippen LogP contribution in [0.5, 0.6) is 5.88 Å². The first-order valence-corrected chi connectivity index (χ1v) is 15.4. The molecule has 0 bridgehead atoms. The van der Waals surface area contributed by atoms with E-state index in [1.165, 1.54) is 17.7 Å². The molecule has 1 aromatic heterocycles. The van der Waals surface area contributed by atoms with Crippen molar-refractivity contribution in [2.75, 3.05) is 39.5 Å². The van der Waals surface area contributed by atoms with Gasteiger partial charge in [0.15, 0.2) is 6.16 Å². The number of hydrogen-bond donors (Lipinski definition) is 1. The second kappa shape index (κ2) is 13.7. The zero-order valence-electron chi connectivity index (χ0n) is 23.5. The smallest absolute Gasteiger partial charge is 0.478 e. The van der Waals surface area contributed by atoms with E-state index in [1.54, 1.807) is 12.1 Å². The summed E-state index contributed by atoms with van der Waals surface area (Å²) in [5, 5.41) is 0. The maximum absolute atomic E-state index is 13.6. The number of ether oxygens (including phenoxy) is 2. The van der Waals surface area contributed by atoms with Crippen LogP contribution in [-0.4, -0.2) is 71.2 Å². The van der Waals surface area contributed by atoms with Crippen molar-refractivity contribution in [3.05, 3.63) is 59.6 Å². The molecule has 2 aliphatic rings. The van der Waals surface area contributed by atoms with Crippen molar-refractivity contribution in [2.45, 2.75) is 63.5 Å². The molecule has 1 aliphatic carbocycles. The Kier molecular flexibility index (Phi) is 10.3. The van der Waals surface area contributed by atoms with E-state index in [0.717, 1.165) is 48.4 Å². The van der Waals surface area contributed by atoms with E-state index >= 15 is 0 Å². The highest BCUT2D eigenvalue weighted by Gasteiger charge is 2.38. The van der Waals surface area contributed by atoms with Crippen LogP contribution in [0.15, 0.2) is 42.6 Å². The predicted molar refractivity (Wildman–Crippen MR) is 153 cm³/mol. The number of carbonyl (C=O) groups excluding carboxylic acids is 1. The molecule has 1 atom stereocenters. The van der Waals surface area contributed by atoms with Gasteiger partial charge < -0.3 is 14.4 Å². The maximum Gasteiger partial charge on any atom is 0.505 e. The number of carbonyl (C=O) groups is 1. The van der Waals surface area contributed by atoms with Crippen molar-refractivity contribution < 1.29 is 28.1 Å². The second-order valence-corrected chi connectivity index (χ2v) is 12.0. The molecule has 0 amide bonds. The molecule has 1 aromatic carbocycles. The number of halogens is 1. The third-order valence-corrected chi connectivity index (χ3v) is 8.55. The number of pyridine rings is 1. The third-order valence-electron chi connectivity index (χ3n) is 7.85. The lowest BCUT2D eigenvalue weighted by Crippen LogP contribution is -2.51. The van der Waals surface area contributed by atoms with Gasteiger partial charge in [0.05, 0.1) is 18.8 Å². The van der Waals surface area contributed by atoms with Gasteiger partial charge in [0, 0.05) is 56.3 Å². The van der Waals surface area contributed by atoms with Crippen LogP contribution in [0.4, 0.5) is 4.39 Å². The molecule has 1 unspecified atom stereocenters. The molecule has 2 fully saturated rings. The first-order chi connectivity index (χ1) is 19.2. The molecule has 1 aliphatic heterocycles. The molecular formula is C30H40FN3O5P+. The zero-order chi connectivity index (χ0) is 28.7. The maximum atomic E-state index is 13.6. The van der Waals surface area contributed by atoms with Crippen LogP contribution in [0.1, 0.15) is 62.5 Å². The molecule has 1 saturated carbocycles. The monoisotopic (exact) mass is 572 g/mol. The molecule has 2 heterocycles. The average Bonchev–Trinajstić information content (AvgIpc) is 3.77. The molecule has 40 heavy (non-hydrogen) atoms. The average molecular weight is 573 g/mol. The van der Waals surface area contributed by atoms with Crippen molar-refractivity contribution >= 4 is 14.5 Å². The van der Waals surface area contributed by atoms with Crippen molar-refractivity contribution in [1.29, 1.82) is 0 Å². The van der Waals surface area contributed by atoms with Crippen LogP contribution in [0, 0.1) is 5.82 Å².